The number of aromatic nitrogens is 1. The Bertz CT molecular complexity index is 1630. The summed E-state index contributed by atoms with van der Waals surface area (Å²) >= 11 is 0. The van der Waals surface area contributed by atoms with Gasteiger partial charge >= 0.3 is 5.97 Å². The molecule has 3 heterocycles. The van der Waals surface area contributed by atoms with E-state index in [1.54, 1.807) is 7.05 Å². The first-order chi connectivity index (χ1) is 18.8. The highest BCUT2D eigenvalue weighted by Crippen LogP contribution is 2.38. The summed E-state index contributed by atoms with van der Waals surface area (Å²) in [6, 6.07) is 12.8. The van der Waals surface area contributed by atoms with E-state index in [2.05, 4.69) is 6.08 Å². The number of fused-ring (bicyclic) bond motifs is 3. The second-order valence-electron chi connectivity index (χ2n) is 10.1. The molecule has 39 heavy (non-hydrogen) atoms. The molecule has 1 amide bonds. The standard InChI is InChI=1S/C29H28N2O7S/c1-31(20-11-12-39(34,35)16-20)26(32)15-36-29(33)27-21-6-2-3-8-23(21)30-28-19(5-4-7-22(27)28)13-18-9-10-24-25(14-18)38-17-37-24/h2-3,6,8-10,13-14,20H,4-5,7,11-12,15-17H2,1H3/b19-13+. The van der Waals surface area contributed by atoms with Gasteiger partial charge in [-0.2, -0.15) is 0 Å². The number of para-hydroxylation sites is 1. The summed E-state index contributed by atoms with van der Waals surface area (Å²) in [4.78, 5) is 32.6. The Morgan fingerprint density at radius 1 is 1.13 bits per heavy atom. The second-order valence-corrected chi connectivity index (χ2v) is 12.3. The van der Waals surface area contributed by atoms with Crippen LogP contribution >= 0.6 is 0 Å². The van der Waals surface area contributed by atoms with Gasteiger partial charge in [0, 0.05) is 18.5 Å². The van der Waals surface area contributed by atoms with E-state index in [1.807, 2.05) is 42.5 Å². The van der Waals surface area contributed by atoms with Crippen LogP contribution in [0, 0.1) is 0 Å². The molecule has 0 bridgehead atoms. The van der Waals surface area contributed by atoms with Crippen molar-refractivity contribution in [3.8, 4) is 11.5 Å². The zero-order valence-corrected chi connectivity index (χ0v) is 22.3. The quantitative estimate of drug-likeness (QED) is 0.445. The van der Waals surface area contributed by atoms with Crippen LogP contribution in [0.25, 0.3) is 22.6 Å². The fourth-order valence-electron chi connectivity index (χ4n) is 5.50. The smallest absolute Gasteiger partial charge is 0.339 e. The summed E-state index contributed by atoms with van der Waals surface area (Å²) in [6.45, 7) is -0.257. The SMILES string of the molecule is CN(C(=O)COC(=O)c1c2c(nc3ccccc13)/C(=C/c1ccc3c(c1)OCO3)CCC2)C1CCS(=O)(=O)C1. The van der Waals surface area contributed by atoms with Gasteiger partial charge in [-0.25, -0.2) is 18.2 Å². The Morgan fingerprint density at radius 3 is 2.77 bits per heavy atom. The van der Waals surface area contributed by atoms with Crippen molar-refractivity contribution in [2.75, 3.05) is 32.0 Å². The Balaban J connectivity index is 1.30. The second kappa shape index (κ2) is 10.00. The molecule has 0 spiro atoms. The van der Waals surface area contributed by atoms with Crippen LogP contribution in [0.15, 0.2) is 42.5 Å². The lowest BCUT2D eigenvalue weighted by atomic mass is 9.86. The first-order valence-electron chi connectivity index (χ1n) is 12.9. The number of ether oxygens (including phenoxy) is 3. The first-order valence-corrected chi connectivity index (χ1v) is 14.8. The molecule has 3 aromatic rings. The minimum atomic E-state index is -3.14. The van der Waals surface area contributed by atoms with Gasteiger partial charge in [0.2, 0.25) is 6.79 Å². The molecule has 0 N–H and O–H groups in total. The van der Waals surface area contributed by atoms with Crippen molar-refractivity contribution in [3.05, 3.63) is 64.8 Å². The van der Waals surface area contributed by atoms with Gasteiger partial charge in [0.15, 0.2) is 27.9 Å². The molecular weight excluding hydrogens is 520 g/mol. The van der Waals surface area contributed by atoms with Gasteiger partial charge in [-0.05, 0) is 66.7 Å². The molecular formula is C29H28N2O7S. The van der Waals surface area contributed by atoms with E-state index in [4.69, 9.17) is 19.2 Å². The van der Waals surface area contributed by atoms with E-state index in [0.29, 0.717) is 40.8 Å². The maximum atomic E-state index is 13.5. The van der Waals surface area contributed by atoms with E-state index in [1.165, 1.54) is 4.90 Å². The summed E-state index contributed by atoms with van der Waals surface area (Å²) in [6.07, 6.45) is 4.74. The molecule has 1 aromatic heterocycles. The number of carbonyl (C=O) groups excluding carboxylic acids is 2. The van der Waals surface area contributed by atoms with Crippen LogP contribution in [0.4, 0.5) is 0 Å². The topological polar surface area (TPSA) is 112 Å². The van der Waals surface area contributed by atoms with Crippen molar-refractivity contribution in [2.24, 2.45) is 0 Å². The number of rotatable bonds is 5. The number of pyridine rings is 1. The zero-order chi connectivity index (χ0) is 27.1. The normalized spacial score (nSPS) is 20.1. The third-order valence-corrected chi connectivity index (χ3v) is 9.34. The molecule has 3 aliphatic rings. The summed E-state index contributed by atoms with van der Waals surface area (Å²) in [5.74, 6) is 0.387. The molecule has 10 heteroatoms. The molecule has 6 rings (SSSR count). The van der Waals surface area contributed by atoms with Crippen molar-refractivity contribution in [1.29, 1.82) is 0 Å². The van der Waals surface area contributed by atoms with Crippen LogP contribution in [-0.2, 0) is 25.8 Å². The van der Waals surface area contributed by atoms with Gasteiger partial charge in [0.05, 0.1) is 28.3 Å². The van der Waals surface area contributed by atoms with Gasteiger partial charge < -0.3 is 19.1 Å². The van der Waals surface area contributed by atoms with Gasteiger partial charge in [0.1, 0.15) is 0 Å². The van der Waals surface area contributed by atoms with E-state index >= 15 is 0 Å². The predicted octanol–water partition coefficient (Wildman–Crippen LogP) is 3.64. The van der Waals surface area contributed by atoms with Crippen molar-refractivity contribution in [2.45, 2.75) is 31.7 Å². The van der Waals surface area contributed by atoms with E-state index in [9.17, 15) is 18.0 Å². The van der Waals surface area contributed by atoms with Crippen molar-refractivity contribution in [1.82, 2.24) is 9.88 Å². The molecule has 9 nitrogen and oxygen atoms in total. The number of carbonyl (C=O) groups is 2. The Morgan fingerprint density at radius 2 is 1.95 bits per heavy atom. The highest BCUT2D eigenvalue weighted by molar-refractivity contribution is 7.91. The monoisotopic (exact) mass is 548 g/mol. The van der Waals surface area contributed by atoms with Crippen molar-refractivity contribution in [3.63, 3.8) is 0 Å². The van der Waals surface area contributed by atoms with Crippen molar-refractivity contribution >= 4 is 44.3 Å². The number of sulfone groups is 1. The lowest BCUT2D eigenvalue weighted by Crippen LogP contribution is -2.40. The Kier molecular flexibility index (Phi) is 6.50. The van der Waals surface area contributed by atoms with E-state index < -0.39 is 34.4 Å². The van der Waals surface area contributed by atoms with Crippen LogP contribution in [0.3, 0.4) is 0 Å². The zero-order valence-electron chi connectivity index (χ0n) is 21.5. The van der Waals surface area contributed by atoms with Crippen LogP contribution in [-0.4, -0.2) is 68.2 Å². The molecule has 1 atom stereocenters. The number of hydrogen-bond donors (Lipinski definition) is 0. The number of likely N-dealkylation sites (N-methyl/N-ethyl adjacent to an activating group) is 1. The van der Waals surface area contributed by atoms with E-state index in [-0.39, 0.29) is 18.3 Å². The minimum absolute atomic E-state index is 0.0618. The van der Waals surface area contributed by atoms with Crippen LogP contribution < -0.4 is 9.47 Å². The molecule has 1 aliphatic carbocycles. The minimum Gasteiger partial charge on any atom is -0.454 e. The van der Waals surface area contributed by atoms with Crippen LogP contribution in [0.5, 0.6) is 11.5 Å². The molecule has 1 saturated heterocycles. The summed E-state index contributed by atoms with van der Waals surface area (Å²) in [7, 11) is -1.59. The van der Waals surface area contributed by atoms with Gasteiger partial charge in [0.25, 0.3) is 5.91 Å². The number of amides is 1. The van der Waals surface area contributed by atoms with Crippen LogP contribution in [0.2, 0.25) is 0 Å². The average Bonchev–Trinajstić information content (AvgIpc) is 3.55. The predicted molar refractivity (Wildman–Crippen MR) is 145 cm³/mol. The third-order valence-electron chi connectivity index (χ3n) is 7.59. The number of hydrogen-bond acceptors (Lipinski definition) is 8. The van der Waals surface area contributed by atoms with Crippen molar-refractivity contribution < 1.29 is 32.2 Å². The first kappa shape index (κ1) is 25.4. The summed E-state index contributed by atoms with van der Waals surface area (Å²) < 4.78 is 40.1. The maximum absolute atomic E-state index is 13.5. The van der Waals surface area contributed by atoms with E-state index in [0.717, 1.165) is 35.2 Å². The molecule has 1 fully saturated rings. The fraction of sp³-hybridized carbons (Fsp3) is 0.345. The van der Waals surface area contributed by atoms with Gasteiger partial charge in [-0.3, -0.25) is 4.79 Å². The maximum Gasteiger partial charge on any atom is 0.339 e. The Hall–Kier alpha value is -3.92. The molecule has 202 valence electrons. The summed E-state index contributed by atoms with van der Waals surface area (Å²) in [5, 5.41) is 0.674. The number of nitrogens with zero attached hydrogens (tertiary/aromatic N) is 2. The number of allylic oxidation sites excluding steroid dienone is 1. The molecule has 2 aromatic carbocycles. The lowest BCUT2D eigenvalue weighted by molar-refractivity contribution is -0.134. The highest BCUT2D eigenvalue weighted by Gasteiger charge is 2.33. The number of esters is 1. The summed E-state index contributed by atoms with van der Waals surface area (Å²) in [5.41, 5.74) is 4.60. The van der Waals surface area contributed by atoms with Crippen LogP contribution in [0.1, 0.15) is 46.4 Å². The van der Waals surface area contributed by atoms with Gasteiger partial charge in [-0.15, -0.1) is 0 Å². The molecule has 0 radical (unpaired) electrons. The average molecular weight is 549 g/mol. The van der Waals surface area contributed by atoms with Gasteiger partial charge in [-0.1, -0.05) is 24.3 Å². The molecule has 1 unspecified atom stereocenters. The lowest BCUT2D eigenvalue weighted by Gasteiger charge is -2.24. The highest BCUT2D eigenvalue weighted by atomic mass is 32.2. The Labute approximate surface area is 226 Å². The number of benzene rings is 2. The largest absolute Gasteiger partial charge is 0.454 e. The third kappa shape index (κ3) is 4.96. The fourth-order valence-corrected chi connectivity index (χ4v) is 7.27. The molecule has 2 aliphatic heterocycles. The molecule has 0 saturated carbocycles.